The van der Waals surface area contributed by atoms with Gasteiger partial charge in [0.25, 0.3) is 11.8 Å². The maximum Gasteiger partial charge on any atom is 0.251 e. The second-order valence-electron chi connectivity index (χ2n) is 5.28. The first-order valence-corrected chi connectivity index (χ1v) is 8.30. The third-order valence-electron chi connectivity index (χ3n) is 3.80. The van der Waals surface area contributed by atoms with E-state index in [1.807, 2.05) is 12.3 Å². The summed E-state index contributed by atoms with van der Waals surface area (Å²) in [6.07, 6.45) is 5.80. The molecule has 1 saturated carbocycles. The van der Waals surface area contributed by atoms with Crippen LogP contribution in [0.25, 0.3) is 0 Å². The van der Waals surface area contributed by atoms with Crippen LogP contribution < -0.4 is 11.1 Å². The number of nitrogens with two attached hydrogens (primary N) is 1. The van der Waals surface area contributed by atoms with Gasteiger partial charge in [-0.2, -0.15) is 0 Å². The maximum atomic E-state index is 11.8. The molecule has 21 heavy (non-hydrogen) atoms. The summed E-state index contributed by atoms with van der Waals surface area (Å²) in [6, 6.07) is 0. The summed E-state index contributed by atoms with van der Waals surface area (Å²) in [5.41, 5.74) is 7.01. The monoisotopic (exact) mass is 310 g/mol. The highest BCUT2D eigenvalue weighted by Crippen LogP contribution is 2.39. The Morgan fingerprint density at radius 2 is 2.10 bits per heavy atom. The van der Waals surface area contributed by atoms with Crippen LogP contribution in [-0.2, 0) is 9.53 Å². The number of rotatable bonds is 6. The van der Waals surface area contributed by atoms with Gasteiger partial charge in [-0.15, -0.1) is 11.3 Å². The molecule has 1 aromatic heterocycles. The minimum absolute atomic E-state index is 0.00857. The number of anilines is 1. The van der Waals surface area contributed by atoms with Gasteiger partial charge in [-0.05, 0) is 36.6 Å². The number of carbonyl (C=O) groups excluding carboxylic acids is 2. The number of thiophene rings is 1. The molecule has 2 rings (SSSR count). The van der Waals surface area contributed by atoms with Gasteiger partial charge in [0.05, 0.1) is 5.56 Å². The summed E-state index contributed by atoms with van der Waals surface area (Å²) in [7, 11) is 0. The first-order valence-electron chi connectivity index (χ1n) is 7.42. The lowest BCUT2D eigenvalue weighted by Gasteiger charge is -2.21. The van der Waals surface area contributed by atoms with Crippen LogP contribution in [0.2, 0.25) is 0 Å². The van der Waals surface area contributed by atoms with E-state index in [-0.39, 0.29) is 12.5 Å². The van der Waals surface area contributed by atoms with Gasteiger partial charge >= 0.3 is 0 Å². The first kappa shape index (κ1) is 16.0. The molecule has 0 spiro atoms. The molecule has 3 N–H and O–H groups in total. The Morgan fingerprint density at radius 3 is 2.71 bits per heavy atom. The molecule has 1 aliphatic rings. The normalized spacial score (nSPS) is 15.9. The van der Waals surface area contributed by atoms with Crippen molar-refractivity contribution in [1.82, 2.24) is 0 Å². The van der Waals surface area contributed by atoms with Crippen LogP contribution in [0.5, 0.6) is 0 Å². The predicted molar refractivity (Wildman–Crippen MR) is 83.8 cm³/mol. The van der Waals surface area contributed by atoms with Crippen LogP contribution in [0.15, 0.2) is 5.38 Å². The van der Waals surface area contributed by atoms with Crippen molar-refractivity contribution >= 4 is 28.2 Å². The van der Waals surface area contributed by atoms with Crippen LogP contribution in [0.3, 0.4) is 0 Å². The van der Waals surface area contributed by atoms with E-state index in [4.69, 9.17) is 10.5 Å². The van der Waals surface area contributed by atoms with Crippen molar-refractivity contribution in [1.29, 1.82) is 0 Å². The van der Waals surface area contributed by atoms with Crippen molar-refractivity contribution < 1.29 is 14.3 Å². The molecule has 2 amide bonds. The van der Waals surface area contributed by atoms with Gasteiger partial charge in [0.1, 0.15) is 11.6 Å². The average Bonchev–Trinajstić information content (AvgIpc) is 2.89. The van der Waals surface area contributed by atoms with Crippen LogP contribution in [0.4, 0.5) is 5.00 Å². The van der Waals surface area contributed by atoms with Crippen LogP contribution in [-0.4, -0.2) is 25.0 Å². The number of amides is 2. The third kappa shape index (κ3) is 4.04. The molecule has 0 aliphatic heterocycles. The zero-order valence-corrected chi connectivity index (χ0v) is 13.1. The van der Waals surface area contributed by atoms with Crippen molar-refractivity contribution in [2.24, 2.45) is 5.73 Å². The SMILES string of the molecule is CCOCC(=O)Nc1scc(C2CCCCC2)c1C(N)=O. The molecule has 1 fully saturated rings. The Bertz CT molecular complexity index is 507. The molecule has 116 valence electrons. The Balaban J connectivity index is 2.16. The molecular formula is C15H22N2O3S. The van der Waals surface area contributed by atoms with Crippen LogP contribution in [0, 0.1) is 0 Å². The van der Waals surface area contributed by atoms with Crippen molar-refractivity contribution in [3.63, 3.8) is 0 Å². The zero-order chi connectivity index (χ0) is 15.2. The van der Waals surface area contributed by atoms with E-state index in [9.17, 15) is 9.59 Å². The van der Waals surface area contributed by atoms with Crippen LogP contribution in [0.1, 0.15) is 60.9 Å². The number of primary amides is 1. The van der Waals surface area contributed by atoms with Gasteiger partial charge in [-0.3, -0.25) is 9.59 Å². The molecule has 1 heterocycles. The highest BCUT2D eigenvalue weighted by molar-refractivity contribution is 7.15. The molecule has 1 aliphatic carbocycles. The quantitative estimate of drug-likeness (QED) is 0.847. The molecule has 0 atom stereocenters. The molecule has 6 heteroatoms. The Kier molecular flexibility index (Phi) is 5.76. The highest BCUT2D eigenvalue weighted by atomic mass is 32.1. The molecule has 5 nitrogen and oxygen atoms in total. The topological polar surface area (TPSA) is 81.4 Å². The van der Waals surface area contributed by atoms with E-state index in [0.29, 0.717) is 23.1 Å². The summed E-state index contributed by atoms with van der Waals surface area (Å²) in [4.78, 5) is 23.5. The lowest BCUT2D eigenvalue weighted by molar-refractivity contribution is -0.120. The van der Waals surface area contributed by atoms with Gasteiger partial charge < -0.3 is 15.8 Å². The van der Waals surface area contributed by atoms with E-state index < -0.39 is 5.91 Å². The number of hydrogen-bond donors (Lipinski definition) is 2. The van der Waals surface area contributed by atoms with Gasteiger partial charge in [0.15, 0.2) is 0 Å². The van der Waals surface area contributed by atoms with E-state index in [1.165, 1.54) is 30.6 Å². The predicted octanol–water partition coefficient (Wildman–Crippen LogP) is 2.87. The summed E-state index contributed by atoms with van der Waals surface area (Å²) in [6.45, 7) is 2.30. The second kappa shape index (κ2) is 7.56. The standard InChI is InChI=1S/C15H22N2O3S/c1-2-20-8-12(18)17-15-13(14(16)19)11(9-21-15)10-6-4-3-5-7-10/h9-10H,2-8H2,1H3,(H2,16,19)(H,17,18). The Labute approximate surface area is 128 Å². The lowest BCUT2D eigenvalue weighted by atomic mass is 9.83. The summed E-state index contributed by atoms with van der Waals surface area (Å²) in [5, 5.41) is 5.25. The molecule has 0 unspecified atom stereocenters. The lowest BCUT2D eigenvalue weighted by Crippen LogP contribution is -2.21. The average molecular weight is 310 g/mol. The molecule has 0 bridgehead atoms. The summed E-state index contributed by atoms with van der Waals surface area (Å²) < 4.78 is 5.07. The summed E-state index contributed by atoms with van der Waals surface area (Å²) >= 11 is 1.37. The van der Waals surface area contributed by atoms with Crippen LogP contribution >= 0.6 is 11.3 Å². The molecule has 1 aromatic rings. The molecule has 0 aromatic carbocycles. The van der Waals surface area contributed by atoms with E-state index in [1.54, 1.807) is 0 Å². The van der Waals surface area contributed by atoms with Gasteiger partial charge in [0.2, 0.25) is 0 Å². The maximum absolute atomic E-state index is 11.8. The number of nitrogens with one attached hydrogen (secondary N) is 1. The fraction of sp³-hybridized carbons (Fsp3) is 0.600. The van der Waals surface area contributed by atoms with E-state index in [2.05, 4.69) is 5.32 Å². The largest absolute Gasteiger partial charge is 0.372 e. The van der Waals surface area contributed by atoms with Gasteiger partial charge in [-0.1, -0.05) is 19.3 Å². The number of ether oxygens (including phenoxy) is 1. The second-order valence-corrected chi connectivity index (χ2v) is 6.16. The van der Waals surface area contributed by atoms with Crippen molar-refractivity contribution in [3.05, 3.63) is 16.5 Å². The van der Waals surface area contributed by atoms with Crippen molar-refractivity contribution in [2.45, 2.75) is 44.9 Å². The smallest absolute Gasteiger partial charge is 0.251 e. The third-order valence-corrected chi connectivity index (χ3v) is 4.71. The Hall–Kier alpha value is -1.40. The summed E-state index contributed by atoms with van der Waals surface area (Å²) in [5.74, 6) is -0.338. The highest BCUT2D eigenvalue weighted by Gasteiger charge is 2.25. The fourth-order valence-electron chi connectivity index (χ4n) is 2.79. The van der Waals surface area contributed by atoms with Crippen molar-refractivity contribution in [2.75, 3.05) is 18.5 Å². The fourth-order valence-corrected chi connectivity index (χ4v) is 3.85. The molecule has 0 saturated heterocycles. The van der Waals surface area contributed by atoms with E-state index in [0.717, 1.165) is 18.4 Å². The Morgan fingerprint density at radius 1 is 1.38 bits per heavy atom. The van der Waals surface area contributed by atoms with E-state index >= 15 is 0 Å². The first-order chi connectivity index (χ1) is 10.1. The minimum atomic E-state index is -0.469. The zero-order valence-electron chi connectivity index (χ0n) is 12.3. The van der Waals surface area contributed by atoms with Crippen molar-refractivity contribution in [3.8, 4) is 0 Å². The van der Waals surface area contributed by atoms with Gasteiger partial charge in [-0.25, -0.2) is 0 Å². The minimum Gasteiger partial charge on any atom is -0.372 e. The number of carbonyl (C=O) groups is 2. The molecule has 0 radical (unpaired) electrons. The number of hydrogen-bond acceptors (Lipinski definition) is 4. The molecular weight excluding hydrogens is 288 g/mol. The van der Waals surface area contributed by atoms with Gasteiger partial charge in [0, 0.05) is 6.61 Å².